The molecule has 154 valence electrons. The van der Waals surface area contributed by atoms with Crippen molar-refractivity contribution in [2.24, 2.45) is 10.7 Å². The fraction of sp³-hybridized carbons (Fsp3) is 0.364. The Balaban J connectivity index is 1.43. The van der Waals surface area contributed by atoms with Crippen molar-refractivity contribution in [1.82, 2.24) is 10.2 Å². The molecule has 0 radical (unpaired) electrons. The van der Waals surface area contributed by atoms with Crippen LogP contribution in [-0.4, -0.2) is 42.7 Å². The summed E-state index contributed by atoms with van der Waals surface area (Å²) >= 11 is 0. The van der Waals surface area contributed by atoms with Crippen molar-refractivity contribution in [3.05, 3.63) is 60.2 Å². The number of aliphatic imine (C=N–C) groups is 1. The first-order valence-corrected chi connectivity index (χ1v) is 9.94. The molecule has 0 atom stereocenters. The first-order chi connectivity index (χ1) is 14.1. The second-order valence-corrected chi connectivity index (χ2v) is 6.87. The molecule has 29 heavy (non-hydrogen) atoms. The van der Waals surface area contributed by atoms with E-state index in [-0.39, 0.29) is 12.1 Å². The van der Waals surface area contributed by atoms with Crippen LogP contribution in [0.3, 0.4) is 0 Å². The molecule has 2 aromatic carbocycles. The van der Waals surface area contributed by atoms with Crippen molar-refractivity contribution in [3.63, 3.8) is 0 Å². The van der Waals surface area contributed by atoms with E-state index in [1.165, 1.54) is 0 Å². The minimum atomic E-state index is -0.243. The molecule has 1 amide bonds. The summed E-state index contributed by atoms with van der Waals surface area (Å²) in [6.07, 6.45) is 1.40. The lowest BCUT2D eigenvalue weighted by Gasteiger charge is -2.31. The van der Waals surface area contributed by atoms with Crippen LogP contribution in [0.4, 0.5) is 4.79 Å². The van der Waals surface area contributed by atoms with Gasteiger partial charge in [0.1, 0.15) is 11.5 Å². The summed E-state index contributed by atoms with van der Waals surface area (Å²) < 4.78 is 10.8. The van der Waals surface area contributed by atoms with Gasteiger partial charge in [0.15, 0.2) is 5.96 Å². The fourth-order valence-electron chi connectivity index (χ4n) is 3.14. The molecule has 1 heterocycles. The van der Waals surface area contributed by atoms with Gasteiger partial charge in [-0.25, -0.2) is 9.79 Å². The molecule has 3 N–H and O–H groups in total. The van der Waals surface area contributed by atoms with Crippen molar-refractivity contribution in [2.75, 3.05) is 19.7 Å². The highest BCUT2D eigenvalue weighted by Crippen LogP contribution is 2.21. The molecule has 0 aromatic heterocycles. The van der Waals surface area contributed by atoms with Gasteiger partial charge in [-0.15, -0.1) is 0 Å². The predicted octanol–water partition coefficient (Wildman–Crippen LogP) is 3.50. The average Bonchev–Trinajstić information content (AvgIpc) is 2.75. The Kier molecular flexibility index (Phi) is 7.33. The van der Waals surface area contributed by atoms with E-state index in [1.54, 1.807) is 4.90 Å². The molecular formula is C22H28N4O3. The van der Waals surface area contributed by atoms with Crippen LogP contribution in [-0.2, 0) is 11.3 Å². The Bertz CT molecular complexity index is 801. The average molecular weight is 396 g/mol. The number of hydrogen-bond acceptors (Lipinski definition) is 4. The number of likely N-dealkylation sites (tertiary alicyclic amines) is 1. The van der Waals surface area contributed by atoms with E-state index in [1.807, 2.05) is 61.5 Å². The van der Waals surface area contributed by atoms with Gasteiger partial charge in [0.25, 0.3) is 0 Å². The number of ether oxygens (including phenoxy) is 2. The Hall–Kier alpha value is -3.22. The maximum atomic E-state index is 11.7. The lowest BCUT2D eigenvalue weighted by Crippen LogP contribution is -2.48. The minimum absolute atomic E-state index is 0.214. The molecule has 1 saturated heterocycles. The number of nitrogens with one attached hydrogen (secondary N) is 1. The number of rotatable bonds is 6. The fourth-order valence-corrected chi connectivity index (χ4v) is 3.14. The lowest BCUT2D eigenvalue weighted by atomic mass is 10.1. The summed E-state index contributed by atoms with van der Waals surface area (Å²) in [5.41, 5.74) is 7.08. The van der Waals surface area contributed by atoms with Gasteiger partial charge in [0.05, 0.1) is 13.2 Å². The van der Waals surface area contributed by atoms with Gasteiger partial charge < -0.3 is 25.4 Å². The normalized spacial score (nSPS) is 15.1. The van der Waals surface area contributed by atoms with E-state index in [4.69, 9.17) is 15.2 Å². The summed E-state index contributed by atoms with van der Waals surface area (Å²) in [5, 5.41) is 3.25. The Morgan fingerprint density at radius 2 is 1.76 bits per heavy atom. The smallest absolute Gasteiger partial charge is 0.409 e. The van der Waals surface area contributed by atoms with Crippen LogP contribution in [0.15, 0.2) is 59.6 Å². The Morgan fingerprint density at radius 1 is 1.10 bits per heavy atom. The van der Waals surface area contributed by atoms with Gasteiger partial charge in [-0.2, -0.15) is 0 Å². The van der Waals surface area contributed by atoms with Crippen LogP contribution >= 0.6 is 0 Å². The van der Waals surface area contributed by atoms with E-state index in [0.29, 0.717) is 32.2 Å². The van der Waals surface area contributed by atoms with Crippen molar-refractivity contribution < 1.29 is 14.3 Å². The molecule has 0 unspecified atom stereocenters. The zero-order valence-electron chi connectivity index (χ0n) is 16.7. The number of hydrogen-bond donors (Lipinski definition) is 2. The summed E-state index contributed by atoms with van der Waals surface area (Å²) in [5.74, 6) is 2.01. The largest absolute Gasteiger partial charge is 0.457 e. The topological polar surface area (TPSA) is 89.2 Å². The second-order valence-electron chi connectivity index (χ2n) is 6.87. The minimum Gasteiger partial charge on any atom is -0.457 e. The predicted molar refractivity (Wildman–Crippen MR) is 113 cm³/mol. The van der Waals surface area contributed by atoms with Gasteiger partial charge >= 0.3 is 6.09 Å². The van der Waals surface area contributed by atoms with E-state index < -0.39 is 0 Å². The molecule has 0 saturated carbocycles. The molecule has 0 aliphatic carbocycles. The highest BCUT2D eigenvalue weighted by atomic mass is 16.6. The number of nitrogens with two attached hydrogens (primary N) is 1. The quantitative estimate of drug-likeness (QED) is 0.576. The number of nitrogens with zero attached hydrogens (tertiary/aromatic N) is 2. The summed E-state index contributed by atoms with van der Waals surface area (Å²) in [4.78, 5) is 17.9. The van der Waals surface area contributed by atoms with Crippen LogP contribution in [0.25, 0.3) is 0 Å². The van der Waals surface area contributed by atoms with Crippen LogP contribution in [0.1, 0.15) is 25.3 Å². The number of piperidine rings is 1. The van der Waals surface area contributed by atoms with Gasteiger partial charge in [-0.1, -0.05) is 30.3 Å². The van der Waals surface area contributed by atoms with E-state index >= 15 is 0 Å². The molecule has 1 aliphatic rings. The Morgan fingerprint density at radius 3 is 2.41 bits per heavy atom. The van der Waals surface area contributed by atoms with Crippen molar-refractivity contribution in [2.45, 2.75) is 32.4 Å². The van der Waals surface area contributed by atoms with Crippen LogP contribution in [0.2, 0.25) is 0 Å². The number of carbonyl (C=O) groups excluding carboxylic acids is 1. The van der Waals surface area contributed by atoms with E-state index in [9.17, 15) is 4.79 Å². The molecule has 2 aromatic rings. The molecule has 0 spiro atoms. The first kappa shape index (κ1) is 20.5. The Labute approximate surface area is 171 Å². The molecule has 3 rings (SSSR count). The van der Waals surface area contributed by atoms with Crippen LogP contribution < -0.4 is 15.8 Å². The van der Waals surface area contributed by atoms with Crippen LogP contribution in [0.5, 0.6) is 11.5 Å². The number of amides is 1. The van der Waals surface area contributed by atoms with Gasteiger partial charge in [-0.05, 0) is 49.6 Å². The molecule has 1 fully saturated rings. The monoisotopic (exact) mass is 396 g/mol. The maximum absolute atomic E-state index is 11.7. The molecular weight excluding hydrogens is 368 g/mol. The highest BCUT2D eigenvalue weighted by molar-refractivity contribution is 5.78. The standard InChI is InChI=1S/C22H28N4O3/c1-2-28-22(27)26-14-12-18(13-15-26)25-21(23)24-16-17-8-10-20(11-9-17)29-19-6-4-3-5-7-19/h3-11,18H,2,12-16H2,1H3,(H3,23,24,25). The zero-order chi connectivity index (χ0) is 20.5. The third-order valence-electron chi connectivity index (χ3n) is 4.71. The second kappa shape index (κ2) is 10.4. The van der Waals surface area contributed by atoms with Crippen molar-refractivity contribution in [1.29, 1.82) is 0 Å². The molecule has 7 nitrogen and oxygen atoms in total. The lowest BCUT2D eigenvalue weighted by molar-refractivity contribution is 0.0963. The molecule has 0 bridgehead atoms. The summed E-state index contributed by atoms with van der Waals surface area (Å²) in [6.45, 7) is 4.02. The highest BCUT2D eigenvalue weighted by Gasteiger charge is 2.23. The number of guanidine groups is 1. The van der Waals surface area contributed by atoms with E-state index in [0.717, 1.165) is 29.9 Å². The van der Waals surface area contributed by atoms with Crippen LogP contribution in [0, 0.1) is 0 Å². The summed E-state index contributed by atoms with van der Waals surface area (Å²) in [7, 11) is 0. The zero-order valence-corrected chi connectivity index (χ0v) is 16.7. The maximum Gasteiger partial charge on any atom is 0.409 e. The van der Waals surface area contributed by atoms with Crippen molar-refractivity contribution in [3.8, 4) is 11.5 Å². The molecule has 7 heteroatoms. The van der Waals surface area contributed by atoms with Crippen molar-refractivity contribution >= 4 is 12.1 Å². The SMILES string of the molecule is CCOC(=O)N1CCC(NC(N)=NCc2ccc(Oc3ccccc3)cc2)CC1. The number of para-hydroxylation sites is 1. The van der Waals surface area contributed by atoms with Gasteiger partial charge in [-0.3, -0.25) is 0 Å². The number of carbonyl (C=O) groups is 1. The molecule has 1 aliphatic heterocycles. The third kappa shape index (κ3) is 6.41. The third-order valence-corrected chi connectivity index (χ3v) is 4.71. The number of benzene rings is 2. The van der Waals surface area contributed by atoms with Gasteiger partial charge in [0.2, 0.25) is 0 Å². The van der Waals surface area contributed by atoms with E-state index in [2.05, 4.69) is 10.3 Å². The summed E-state index contributed by atoms with van der Waals surface area (Å²) in [6, 6.07) is 17.7. The van der Waals surface area contributed by atoms with Gasteiger partial charge in [0, 0.05) is 19.1 Å². The first-order valence-electron chi connectivity index (χ1n) is 9.94.